The average molecular weight is 237 g/mol. The second-order valence-electron chi connectivity index (χ2n) is 4.41. The molecule has 2 N–H and O–H groups in total. The fraction of sp³-hybridized carbons (Fsp3) is 0.176. The summed E-state index contributed by atoms with van der Waals surface area (Å²) in [5.74, 6) is 0. The van der Waals surface area contributed by atoms with Gasteiger partial charge in [-0.1, -0.05) is 66.7 Å². The van der Waals surface area contributed by atoms with Gasteiger partial charge in [-0.15, -0.1) is 0 Å². The molecule has 0 aliphatic heterocycles. The molecular formula is C17H19N. The van der Waals surface area contributed by atoms with Crippen LogP contribution in [0.3, 0.4) is 0 Å². The Bertz CT molecular complexity index is 500. The Balaban J connectivity index is 2.15. The minimum atomic E-state index is 0.0415. The SMILES string of the molecule is C/C=C(\c1ccccc1)C(N)Cc1ccccc1. The van der Waals surface area contributed by atoms with E-state index in [2.05, 4.69) is 42.5 Å². The molecule has 2 aromatic rings. The molecule has 1 atom stereocenters. The second kappa shape index (κ2) is 6.18. The summed E-state index contributed by atoms with van der Waals surface area (Å²) in [5.41, 5.74) is 10.0. The van der Waals surface area contributed by atoms with Crippen molar-refractivity contribution in [3.05, 3.63) is 77.9 Å². The van der Waals surface area contributed by atoms with Crippen molar-refractivity contribution in [2.45, 2.75) is 19.4 Å². The molecule has 0 saturated carbocycles. The highest BCUT2D eigenvalue weighted by atomic mass is 14.6. The zero-order valence-corrected chi connectivity index (χ0v) is 10.7. The highest BCUT2D eigenvalue weighted by molar-refractivity contribution is 5.69. The normalized spacial score (nSPS) is 13.3. The number of benzene rings is 2. The highest BCUT2D eigenvalue weighted by Gasteiger charge is 2.10. The molecule has 0 amide bonds. The van der Waals surface area contributed by atoms with E-state index < -0.39 is 0 Å². The largest absolute Gasteiger partial charge is 0.324 e. The van der Waals surface area contributed by atoms with Gasteiger partial charge in [-0.2, -0.15) is 0 Å². The number of allylic oxidation sites excluding steroid dienone is 1. The van der Waals surface area contributed by atoms with E-state index in [0.717, 1.165) is 6.42 Å². The zero-order chi connectivity index (χ0) is 12.8. The molecule has 0 aliphatic carbocycles. The maximum absolute atomic E-state index is 6.32. The van der Waals surface area contributed by atoms with E-state index in [0.29, 0.717) is 0 Å². The van der Waals surface area contributed by atoms with Crippen molar-refractivity contribution in [2.24, 2.45) is 5.73 Å². The van der Waals surface area contributed by atoms with E-state index in [1.807, 2.05) is 31.2 Å². The predicted octanol–water partition coefficient (Wildman–Crippen LogP) is 3.66. The van der Waals surface area contributed by atoms with Gasteiger partial charge in [0.05, 0.1) is 0 Å². The molecule has 1 nitrogen and oxygen atoms in total. The van der Waals surface area contributed by atoms with Gasteiger partial charge in [-0.25, -0.2) is 0 Å². The van der Waals surface area contributed by atoms with Crippen molar-refractivity contribution in [3.63, 3.8) is 0 Å². The molecule has 1 unspecified atom stereocenters. The summed E-state index contributed by atoms with van der Waals surface area (Å²) in [7, 11) is 0. The van der Waals surface area contributed by atoms with E-state index in [-0.39, 0.29) is 6.04 Å². The van der Waals surface area contributed by atoms with E-state index in [9.17, 15) is 0 Å². The first kappa shape index (κ1) is 12.6. The van der Waals surface area contributed by atoms with Gasteiger partial charge in [-0.05, 0) is 30.0 Å². The molecule has 0 fully saturated rings. The molecule has 0 saturated heterocycles. The lowest BCUT2D eigenvalue weighted by Gasteiger charge is -2.16. The van der Waals surface area contributed by atoms with E-state index in [1.165, 1.54) is 16.7 Å². The molecule has 0 bridgehead atoms. The number of nitrogens with two attached hydrogens (primary N) is 1. The Hall–Kier alpha value is -1.86. The van der Waals surface area contributed by atoms with Gasteiger partial charge in [0.25, 0.3) is 0 Å². The molecule has 1 heteroatoms. The molecule has 0 radical (unpaired) electrons. The number of rotatable bonds is 4. The van der Waals surface area contributed by atoms with Crippen molar-refractivity contribution in [1.82, 2.24) is 0 Å². The van der Waals surface area contributed by atoms with E-state index >= 15 is 0 Å². The number of hydrogen-bond donors (Lipinski definition) is 1. The van der Waals surface area contributed by atoms with Crippen LogP contribution in [0.25, 0.3) is 5.57 Å². The lowest BCUT2D eigenvalue weighted by Crippen LogP contribution is -2.24. The Morgan fingerprint density at radius 2 is 1.56 bits per heavy atom. The third-order valence-electron chi connectivity index (χ3n) is 3.12. The molecule has 0 spiro atoms. The topological polar surface area (TPSA) is 26.0 Å². The summed E-state index contributed by atoms with van der Waals surface area (Å²) in [4.78, 5) is 0. The number of hydrogen-bond acceptors (Lipinski definition) is 1. The average Bonchev–Trinajstić information content (AvgIpc) is 2.42. The monoisotopic (exact) mass is 237 g/mol. The van der Waals surface area contributed by atoms with Crippen LogP contribution in [0, 0.1) is 0 Å². The van der Waals surface area contributed by atoms with E-state index in [1.54, 1.807) is 0 Å². The van der Waals surface area contributed by atoms with Crippen LogP contribution in [0.5, 0.6) is 0 Å². The van der Waals surface area contributed by atoms with Crippen molar-refractivity contribution in [3.8, 4) is 0 Å². The predicted molar refractivity (Wildman–Crippen MR) is 78.2 cm³/mol. The Morgan fingerprint density at radius 3 is 2.11 bits per heavy atom. The van der Waals surface area contributed by atoms with Crippen LogP contribution in [0.15, 0.2) is 66.7 Å². The lowest BCUT2D eigenvalue weighted by molar-refractivity contribution is 0.826. The van der Waals surface area contributed by atoms with Crippen LogP contribution in [0.4, 0.5) is 0 Å². The first-order chi connectivity index (χ1) is 8.81. The Kier molecular flexibility index (Phi) is 4.32. The molecule has 0 aromatic heterocycles. The summed E-state index contributed by atoms with van der Waals surface area (Å²) >= 11 is 0. The summed E-state index contributed by atoms with van der Waals surface area (Å²) < 4.78 is 0. The van der Waals surface area contributed by atoms with Crippen LogP contribution in [0.2, 0.25) is 0 Å². The van der Waals surface area contributed by atoms with Gasteiger partial charge in [0.2, 0.25) is 0 Å². The third-order valence-corrected chi connectivity index (χ3v) is 3.12. The summed E-state index contributed by atoms with van der Waals surface area (Å²) in [6.45, 7) is 2.05. The van der Waals surface area contributed by atoms with Gasteiger partial charge in [0, 0.05) is 6.04 Å². The van der Waals surface area contributed by atoms with Crippen LogP contribution < -0.4 is 5.73 Å². The third kappa shape index (κ3) is 3.08. The quantitative estimate of drug-likeness (QED) is 0.862. The maximum atomic E-state index is 6.32. The minimum Gasteiger partial charge on any atom is -0.324 e. The maximum Gasteiger partial charge on any atom is 0.0338 e. The first-order valence-corrected chi connectivity index (χ1v) is 6.32. The van der Waals surface area contributed by atoms with Gasteiger partial charge >= 0.3 is 0 Å². The zero-order valence-electron chi connectivity index (χ0n) is 10.7. The van der Waals surface area contributed by atoms with Crippen LogP contribution in [-0.2, 0) is 6.42 Å². The fourth-order valence-electron chi connectivity index (χ4n) is 2.20. The van der Waals surface area contributed by atoms with Crippen LogP contribution in [-0.4, -0.2) is 6.04 Å². The van der Waals surface area contributed by atoms with Gasteiger partial charge in [0.1, 0.15) is 0 Å². The summed E-state index contributed by atoms with van der Waals surface area (Å²) in [5, 5.41) is 0. The van der Waals surface area contributed by atoms with Crippen molar-refractivity contribution >= 4 is 5.57 Å². The smallest absolute Gasteiger partial charge is 0.0338 e. The van der Waals surface area contributed by atoms with Crippen molar-refractivity contribution < 1.29 is 0 Å². The molecule has 18 heavy (non-hydrogen) atoms. The fourth-order valence-corrected chi connectivity index (χ4v) is 2.20. The molecule has 2 rings (SSSR count). The molecule has 92 valence electrons. The molecule has 0 aliphatic rings. The first-order valence-electron chi connectivity index (χ1n) is 6.32. The molecule has 2 aromatic carbocycles. The minimum absolute atomic E-state index is 0.0415. The van der Waals surface area contributed by atoms with Gasteiger partial charge < -0.3 is 5.73 Å². The van der Waals surface area contributed by atoms with Gasteiger partial charge in [-0.3, -0.25) is 0 Å². The molecular weight excluding hydrogens is 218 g/mol. The summed E-state index contributed by atoms with van der Waals surface area (Å²) in [6, 6.07) is 20.8. The lowest BCUT2D eigenvalue weighted by atomic mass is 9.94. The standard InChI is InChI=1S/C17H19N/c1-2-16(15-11-7-4-8-12-15)17(18)13-14-9-5-3-6-10-14/h2-12,17H,13,18H2,1H3/b16-2+. The Morgan fingerprint density at radius 1 is 1.00 bits per heavy atom. The van der Waals surface area contributed by atoms with Crippen molar-refractivity contribution in [2.75, 3.05) is 0 Å². The Labute approximate surface area is 109 Å². The van der Waals surface area contributed by atoms with E-state index in [4.69, 9.17) is 5.73 Å². The van der Waals surface area contributed by atoms with Crippen LogP contribution >= 0.6 is 0 Å². The summed E-state index contributed by atoms with van der Waals surface area (Å²) in [6.07, 6.45) is 2.98. The second-order valence-corrected chi connectivity index (χ2v) is 4.41. The van der Waals surface area contributed by atoms with Crippen molar-refractivity contribution in [1.29, 1.82) is 0 Å². The highest BCUT2D eigenvalue weighted by Crippen LogP contribution is 2.19. The van der Waals surface area contributed by atoms with Gasteiger partial charge in [0.15, 0.2) is 0 Å². The van der Waals surface area contributed by atoms with Crippen LogP contribution in [0.1, 0.15) is 18.1 Å². The molecule has 0 heterocycles.